The van der Waals surface area contributed by atoms with Crippen molar-refractivity contribution in [2.75, 3.05) is 18.0 Å². The van der Waals surface area contributed by atoms with Gasteiger partial charge in [0.1, 0.15) is 12.1 Å². The van der Waals surface area contributed by atoms with Crippen molar-refractivity contribution in [3.05, 3.63) is 33.7 Å². The van der Waals surface area contributed by atoms with Crippen LogP contribution in [0.1, 0.15) is 59.8 Å². The second-order valence-electron chi connectivity index (χ2n) is 7.35. The molecule has 3 aromatic rings. The molecule has 0 amide bonds. The van der Waals surface area contributed by atoms with Crippen molar-refractivity contribution in [2.45, 2.75) is 57.8 Å². The standard InChI is InChI=1S/C19H24N6S/c1-2-14-10-17(25-19(22-14)20-12-21-25)24-9-5-6-13(11-24)18-23-15-7-3-4-8-16(15)26-18/h10,12-13H,2-9,11H2,1H3. The normalized spacial score (nSPS) is 20.5. The van der Waals surface area contributed by atoms with Gasteiger partial charge in [-0.2, -0.15) is 14.6 Å². The number of thiazole rings is 1. The van der Waals surface area contributed by atoms with E-state index in [0.29, 0.717) is 11.7 Å². The molecule has 7 heteroatoms. The fourth-order valence-electron chi connectivity index (χ4n) is 4.18. The summed E-state index contributed by atoms with van der Waals surface area (Å²) >= 11 is 1.97. The highest BCUT2D eigenvalue weighted by Crippen LogP contribution is 2.35. The quantitative estimate of drug-likeness (QED) is 0.709. The molecule has 136 valence electrons. The van der Waals surface area contributed by atoms with Gasteiger partial charge in [-0.3, -0.25) is 0 Å². The van der Waals surface area contributed by atoms with E-state index in [-0.39, 0.29) is 0 Å². The lowest BCUT2D eigenvalue weighted by Crippen LogP contribution is -2.35. The first-order chi connectivity index (χ1) is 12.8. The van der Waals surface area contributed by atoms with Crippen LogP contribution in [0.2, 0.25) is 0 Å². The van der Waals surface area contributed by atoms with Gasteiger partial charge in [0.15, 0.2) is 0 Å². The summed E-state index contributed by atoms with van der Waals surface area (Å²) in [7, 11) is 0. The van der Waals surface area contributed by atoms with Gasteiger partial charge in [0, 0.05) is 35.6 Å². The molecule has 1 saturated heterocycles. The van der Waals surface area contributed by atoms with E-state index >= 15 is 0 Å². The fourth-order valence-corrected chi connectivity index (χ4v) is 5.46. The highest BCUT2D eigenvalue weighted by Gasteiger charge is 2.27. The molecule has 1 aliphatic heterocycles. The molecule has 1 aliphatic carbocycles. The van der Waals surface area contributed by atoms with Crippen molar-refractivity contribution in [3.63, 3.8) is 0 Å². The first-order valence-electron chi connectivity index (χ1n) is 9.75. The van der Waals surface area contributed by atoms with Crippen LogP contribution in [0.5, 0.6) is 0 Å². The van der Waals surface area contributed by atoms with E-state index in [1.807, 2.05) is 15.9 Å². The number of rotatable bonds is 3. The molecule has 1 atom stereocenters. The molecule has 0 spiro atoms. The van der Waals surface area contributed by atoms with Crippen molar-refractivity contribution < 1.29 is 0 Å². The van der Waals surface area contributed by atoms with Crippen LogP contribution in [0, 0.1) is 0 Å². The summed E-state index contributed by atoms with van der Waals surface area (Å²) in [6.07, 6.45) is 9.96. The summed E-state index contributed by atoms with van der Waals surface area (Å²) in [6, 6.07) is 2.18. The first kappa shape index (κ1) is 16.2. The molecule has 4 heterocycles. The van der Waals surface area contributed by atoms with Gasteiger partial charge >= 0.3 is 0 Å². The van der Waals surface area contributed by atoms with Crippen LogP contribution in [0.15, 0.2) is 12.4 Å². The van der Waals surface area contributed by atoms with Crippen LogP contribution >= 0.6 is 11.3 Å². The van der Waals surface area contributed by atoms with E-state index in [0.717, 1.165) is 31.0 Å². The van der Waals surface area contributed by atoms with Crippen LogP contribution < -0.4 is 4.90 Å². The Hall–Kier alpha value is -2.02. The van der Waals surface area contributed by atoms with E-state index < -0.39 is 0 Å². The molecule has 0 saturated carbocycles. The smallest absolute Gasteiger partial charge is 0.254 e. The topological polar surface area (TPSA) is 59.2 Å². The third-order valence-electron chi connectivity index (χ3n) is 5.61. The van der Waals surface area contributed by atoms with Crippen molar-refractivity contribution in [1.29, 1.82) is 0 Å². The van der Waals surface area contributed by atoms with Gasteiger partial charge in [-0.15, -0.1) is 11.3 Å². The Bertz CT molecular complexity index is 906. The van der Waals surface area contributed by atoms with Gasteiger partial charge in [-0.1, -0.05) is 6.92 Å². The van der Waals surface area contributed by atoms with Crippen molar-refractivity contribution >= 4 is 22.9 Å². The highest BCUT2D eigenvalue weighted by atomic mass is 32.1. The number of hydrogen-bond donors (Lipinski definition) is 0. The lowest BCUT2D eigenvalue weighted by Gasteiger charge is -2.33. The second-order valence-corrected chi connectivity index (χ2v) is 8.46. The summed E-state index contributed by atoms with van der Waals surface area (Å²) in [5.41, 5.74) is 2.46. The molecule has 0 N–H and O–H groups in total. The first-order valence-corrected chi connectivity index (χ1v) is 10.6. The number of aryl methyl sites for hydroxylation is 3. The Morgan fingerprint density at radius 3 is 3.00 bits per heavy atom. The number of anilines is 1. The summed E-state index contributed by atoms with van der Waals surface area (Å²) in [6.45, 7) is 4.20. The monoisotopic (exact) mass is 368 g/mol. The molecule has 5 rings (SSSR count). The summed E-state index contributed by atoms with van der Waals surface area (Å²) in [4.78, 5) is 17.9. The van der Waals surface area contributed by atoms with Crippen molar-refractivity contribution in [1.82, 2.24) is 24.6 Å². The third kappa shape index (κ3) is 2.78. The van der Waals surface area contributed by atoms with Crippen molar-refractivity contribution in [2.24, 2.45) is 0 Å². The average molecular weight is 369 g/mol. The van der Waals surface area contributed by atoms with E-state index in [2.05, 4.69) is 33.0 Å². The Balaban J connectivity index is 1.46. The van der Waals surface area contributed by atoms with Gasteiger partial charge in [-0.05, 0) is 44.9 Å². The predicted octanol–water partition coefficient (Wildman–Crippen LogP) is 3.41. The minimum atomic E-state index is 0.524. The SMILES string of the molecule is CCc1cc(N2CCCC(c3nc4c(s3)CCCC4)C2)n2ncnc2n1. The molecule has 0 aromatic carbocycles. The Labute approximate surface area is 157 Å². The lowest BCUT2D eigenvalue weighted by atomic mass is 9.98. The molecule has 0 radical (unpaired) electrons. The molecule has 0 bridgehead atoms. The minimum Gasteiger partial charge on any atom is -0.356 e. The molecular weight excluding hydrogens is 344 g/mol. The molecule has 6 nitrogen and oxygen atoms in total. The van der Waals surface area contributed by atoms with Crippen LogP contribution in [-0.2, 0) is 19.3 Å². The zero-order valence-corrected chi connectivity index (χ0v) is 16.0. The van der Waals surface area contributed by atoms with Gasteiger partial charge in [0.05, 0.1) is 10.7 Å². The van der Waals surface area contributed by atoms with E-state index in [1.165, 1.54) is 49.2 Å². The molecular formula is C19H24N6S. The van der Waals surface area contributed by atoms with Crippen LogP contribution in [-0.4, -0.2) is 37.7 Å². The number of piperidine rings is 1. The fraction of sp³-hybridized carbons (Fsp3) is 0.579. The van der Waals surface area contributed by atoms with E-state index in [9.17, 15) is 0 Å². The Kier molecular flexibility index (Phi) is 4.11. The van der Waals surface area contributed by atoms with Gasteiger partial charge in [-0.25, -0.2) is 9.97 Å². The van der Waals surface area contributed by atoms with Crippen molar-refractivity contribution in [3.8, 4) is 0 Å². The maximum absolute atomic E-state index is 5.03. The number of aromatic nitrogens is 5. The Morgan fingerprint density at radius 2 is 2.12 bits per heavy atom. The summed E-state index contributed by atoms with van der Waals surface area (Å²) in [5.74, 6) is 2.35. The maximum atomic E-state index is 5.03. The highest BCUT2D eigenvalue weighted by molar-refractivity contribution is 7.11. The molecule has 3 aromatic heterocycles. The Morgan fingerprint density at radius 1 is 1.19 bits per heavy atom. The van der Waals surface area contributed by atoms with Crippen LogP contribution in [0.25, 0.3) is 5.78 Å². The summed E-state index contributed by atoms with van der Waals surface area (Å²) < 4.78 is 1.88. The number of fused-ring (bicyclic) bond motifs is 2. The van der Waals surface area contributed by atoms with Gasteiger partial charge < -0.3 is 4.90 Å². The third-order valence-corrected chi connectivity index (χ3v) is 6.93. The van der Waals surface area contributed by atoms with E-state index in [1.54, 1.807) is 11.2 Å². The molecule has 2 aliphatic rings. The largest absolute Gasteiger partial charge is 0.356 e. The average Bonchev–Trinajstić information content (AvgIpc) is 3.33. The number of nitrogens with zero attached hydrogens (tertiary/aromatic N) is 6. The van der Waals surface area contributed by atoms with Gasteiger partial charge in [0.25, 0.3) is 5.78 Å². The molecule has 26 heavy (non-hydrogen) atoms. The zero-order chi connectivity index (χ0) is 17.5. The predicted molar refractivity (Wildman–Crippen MR) is 103 cm³/mol. The minimum absolute atomic E-state index is 0.524. The van der Waals surface area contributed by atoms with Crippen LogP contribution in [0.4, 0.5) is 5.82 Å². The maximum Gasteiger partial charge on any atom is 0.254 e. The number of hydrogen-bond acceptors (Lipinski definition) is 6. The molecule has 1 fully saturated rings. The lowest BCUT2D eigenvalue weighted by molar-refractivity contribution is 0.501. The second kappa shape index (κ2) is 6.61. The molecule has 1 unspecified atom stereocenters. The van der Waals surface area contributed by atoms with Gasteiger partial charge in [0.2, 0.25) is 0 Å². The van der Waals surface area contributed by atoms with E-state index in [4.69, 9.17) is 4.98 Å². The van der Waals surface area contributed by atoms with Crippen LogP contribution in [0.3, 0.4) is 0 Å². The summed E-state index contributed by atoms with van der Waals surface area (Å²) in [5, 5.41) is 5.76. The zero-order valence-electron chi connectivity index (χ0n) is 15.2.